The second kappa shape index (κ2) is 7.76. The van der Waals surface area contributed by atoms with E-state index >= 15 is 0 Å². The predicted molar refractivity (Wildman–Crippen MR) is 71.6 cm³/mol. The molecule has 0 aliphatic carbocycles. The average Bonchev–Trinajstić information content (AvgIpc) is 2.37. The highest BCUT2D eigenvalue weighted by atomic mass is 32.2. The zero-order valence-electron chi connectivity index (χ0n) is 10.3. The molecule has 0 aromatic heterocycles. The molecule has 1 amide bonds. The zero-order valence-corrected chi connectivity index (χ0v) is 11.1. The van der Waals surface area contributed by atoms with Crippen molar-refractivity contribution in [2.75, 3.05) is 5.75 Å². The van der Waals surface area contributed by atoms with Crippen molar-refractivity contribution in [2.24, 2.45) is 0 Å². The van der Waals surface area contributed by atoms with Gasteiger partial charge in [-0.25, -0.2) is 4.79 Å². The third-order valence-corrected chi connectivity index (χ3v) is 3.34. The zero-order chi connectivity index (χ0) is 13.4. The van der Waals surface area contributed by atoms with Crippen molar-refractivity contribution >= 4 is 23.6 Å². The maximum atomic E-state index is 11.6. The Balaban J connectivity index is 2.39. The molecule has 1 atom stereocenters. The van der Waals surface area contributed by atoms with Crippen molar-refractivity contribution in [2.45, 2.75) is 30.7 Å². The third kappa shape index (κ3) is 5.23. The minimum atomic E-state index is -0.977. The number of aliphatic carboxylic acids is 1. The van der Waals surface area contributed by atoms with Gasteiger partial charge < -0.3 is 10.4 Å². The van der Waals surface area contributed by atoms with Gasteiger partial charge in [-0.15, -0.1) is 11.8 Å². The van der Waals surface area contributed by atoms with Gasteiger partial charge in [0.2, 0.25) is 5.91 Å². The largest absolute Gasteiger partial charge is 0.480 e. The Morgan fingerprint density at radius 1 is 1.33 bits per heavy atom. The highest BCUT2D eigenvalue weighted by molar-refractivity contribution is 8.00. The number of nitrogens with one attached hydrogen (secondary N) is 1. The van der Waals surface area contributed by atoms with Crippen molar-refractivity contribution in [1.29, 1.82) is 0 Å². The van der Waals surface area contributed by atoms with Crippen LogP contribution in [0.1, 0.15) is 19.8 Å². The molecule has 0 spiro atoms. The minimum Gasteiger partial charge on any atom is -0.480 e. The topological polar surface area (TPSA) is 66.4 Å². The first-order chi connectivity index (χ1) is 8.63. The molecule has 1 rings (SSSR count). The van der Waals surface area contributed by atoms with Crippen LogP contribution in [0.2, 0.25) is 0 Å². The van der Waals surface area contributed by atoms with E-state index < -0.39 is 12.0 Å². The van der Waals surface area contributed by atoms with Crippen molar-refractivity contribution in [3.05, 3.63) is 30.3 Å². The van der Waals surface area contributed by atoms with E-state index in [1.165, 1.54) is 11.8 Å². The summed E-state index contributed by atoms with van der Waals surface area (Å²) in [5.74, 6) is -0.989. The van der Waals surface area contributed by atoms with Gasteiger partial charge >= 0.3 is 5.97 Å². The molecule has 1 aromatic rings. The number of carboxylic acid groups (broad SMARTS) is 1. The van der Waals surface area contributed by atoms with E-state index in [2.05, 4.69) is 5.32 Å². The van der Waals surface area contributed by atoms with Crippen LogP contribution in [0, 0.1) is 0 Å². The number of carbonyl (C=O) groups excluding carboxylic acids is 1. The molecular weight excluding hydrogens is 250 g/mol. The van der Waals surface area contributed by atoms with Crippen molar-refractivity contribution in [3.63, 3.8) is 0 Å². The van der Waals surface area contributed by atoms with Gasteiger partial charge in [0.05, 0.1) is 5.75 Å². The van der Waals surface area contributed by atoms with Crippen LogP contribution in [0.25, 0.3) is 0 Å². The van der Waals surface area contributed by atoms with Crippen LogP contribution < -0.4 is 5.32 Å². The Hall–Kier alpha value is -1.49. The summed E-state index contributed by atoms with van der Waals surface area (Å²) in [6.07, 6.45) is 1.18. The van der Waals surface area contributed by atoms with E-state index in [0.717, 1.165) is 11.3 Å². The maximum absolute atomic E-state index is 11.6. The summed E-state index contributed by atoms with van der Waals surface area (Å²) < 4.78 is 0. The molecule has 4 nitrogen and oxygen atoms in total. The normalized spacial score (nSPS) is 11.8. The Kier molecular flexibility index (Phi) is 6.28. The number of benzene rings is 1. The number of carbonyl (C=O) groups is 2. The summed E-state index contributed by atoms with van der Waals surface area (Å²) in [4.78, 5) is 23.5. The quantitative estimate of drug-likeness (QED) is 0.743. The molecule has 0 unspecified atom stereocenters. The highest BCUT2D eigenvalue weighted by Gasteiger charge is 2.18. The fourth-order valence-electron chi connectivity index (χ4n) is 1.45. The summed E-state index contributed by atoms with van der Waals surface area (Å²) in [6.45, 7) is 1.89. The van der Waals surface area contributed by atoms with E-state index in [9.17, 15) is 9.59 Å². The summed E-state index contributed by atoms with van der Waals surface area (Å²) in [7, 11) is 0. The fraction of sp³-hybridized carbons (Fsp3) is 0.385. The number of hydrogen-bond acceptors (Lipinski definition) is 3. The number of carboxylic acids is 1. The summed E-state index contributed by atoms with van der Waals surface area (Å²) in [5.41, 5.74) is 0. The van der Waals surface area contributed by atoms with E-state index in [0.29, 0.717) is 6.42 Å². The van der Waals surface area contributed by atoms with Gasteiger partial charge in [0.1, 0.15) is 6.04 Å². The fourth-order valence-corrected chi connectivity index (χ4v) is 2.18. The smallest absolute Gasteiger partial charge is 0.326 e. The number of amides is 1. The lowest BCUT2D eigenvalue weighted by Gasteiger charge is -2.13. The Morgan fingerprint density at radius 2 is 2.00 bits per heavy atom. The molecule has 0 aliphatic rings. The minimum absolute atomic E-state index is 0.234. The lowest BCUT2D eigenvalue weighted by Crippen LogP contribution is -2.41. The van der Waals surface area contributed by atoms with Crippen molar-refractivity contribution < 1.29 is 14.7 Å². The van der Waals surface area contributed by atoms with Crippen LogP contribution >= 0.6 is 11.8 Å². The van der Waals surface area contributed by atoms with Gasteiger partial charge in [-0.2, -0.15) is 0 Å². The second-order valence-electron chi connectivity index (χ2n) is 3.85. The van der Waals surface area contributed by atoms with Crippen LogP contribution in [0.5, 0.6) is 0 Å². The highest BCUT2D eigenvalue weighted by Crippen LogP contribution is 2.16. The van der Waals surface area contributed by atoms with Gasteiger partial charge in [-0.3, -0.25) is 4.79 Å². The first-order valence-electron chi connectivity index (χ1n) is 5.83. The molecule has 0 bridgehead atoms. The lowest BCUT2D eigenvalue weighted by atomic mass is 10.2. The maximum Gasteiger partial charge on any atom is 0.326 e. The van der Waals surface area contributed by atoms with Crippen LogP contribution in [-0.2, 0) is 9.59 Å². The number of hydrogen-bond donors (Lipinski definition) is 2. The Labute approximate surface area is 111 Å². The summed E-state index contributed by atoms with van der Waals surface area (Å²) >= 11 is 1.40. The van der Waals surface area contributed by atoms with E-state index in [-0.39, 0.29) is 11.7 Å². The van der Waals surface area contributed by atoms with E-state index in [4.69, 9.17) is 5.11 Å². The van der Waals surface area contributed by atoms with Crippen LogP contribution in [0.3, 0.4) is 0 Å². The summed E-state index contributed by atoms with van der Waals surface area (Å²) in [6, 6.07) is 8.76. The Morgan fingerprint density at radius 3 is 2.56 bits per heavy atom. The van der Waals surface area contributed by atoms with Gasteiger partial charge in [-0.05, 0) is 18.6 Å². The van der Waals surface area contributed by atoms with Crippen LogP contribution in [-0.4, -0.2) is 28.8 Å². The molecule has 1 aromatic carbocycles. The molecule has 0 saturated heterocycles. The molecule has 0 aliphatic heterocycles. The molecule has 0 radical (unpaired) electrons. The van der Waals surface area contributed by atoms with E-state index in [1.807, 2.05) is 37.3 Å². The van der Waals surface area contributed by atoms with Crippen LogP contribution in [0.15, 0.2) is 35.2 Å². The Bertz CT molecular complexity index is 394. The van der Waals surface area contributed by atoms with Gasteiger partial charge in [0.25, 0.3) is 0 Å². The number of thioether (sulfide) groups is 1. The number of rotatable bonds is 7. The van der Waals surface area contributed by atoms with Gasteiger partial charge in [0, 0.05) is 4.90 Å². The van der Waals surface area contributed by atoms with Crippen molar-refractivity contribution in [1.82, 2.24) is 5.32 Å². The molecule has 98 valence electrons. The first kappa shape index (κ1) is 14.6. The lowest BCUT2D eigenvalue weighted by molar-refractivity contribution is -0.141. The summed E-state index contributed by atoms with van der Waals surface area (Å²) in [5, 5.41) is 11.4. The van der Waals surface area contributed by atoms with Crippen molar-refractivity contribution in [3.8, 4) is 0 Å². The molecule has 0 fully saturated rings. The van der Waals surface area contributed by atoms with Gasteiger partial charge in [0.15, 0.2) is 0 Å². The van der Waals surface area contributed by atoms with Crippen LogP contribution in [0.4, 0.5) is 0 Å². The molecule has 5 heteroatoms. The second-order valence-corrected chi connectivity index (χ2v) is 4.90. The third-order valence-electron chi connectivity index (χ3n) is 2.32. The van der Waals surface area contributed by atoms with Gasteiger partial charge in [-0.1, -0.05) is 31.5 Å². The molecule has 18 heavy (non-hydrogen) atoms. The van der Waals surface area contributed by atoms with E-state index in [1.54, 1.807) is 0 Å². The SMILES string of the molecule is CCC[C@H](NC(=O)CSc1ccccc1)C(=O)O. The first-order valence-corrected chi connectivity index (χ1v) is 6.82. The molecular formula is C13H17NO3S. The molecule has 0 saturated carbocycles. The monoisotopic (exact) mass is 267 g/mol. The standard InChI is InChI=1S/C13H17NO3S/c1-2-6-11(13(16)17)14-12(15)9-18-10-7-4-3-5-8-10/h3-5,7-8,11H,2,6,9H2,1H3,(H,14,15)(H,16,17)/t11-/m0/s1. The molecule has 0 heterocycles. The predicted octanol–water partition coefficient (Wildman–Crippen LogP) is 2.15. The molecule has 2 N–H and O–H groups in total. The average molecular weight is 267 g/mol.